The van der Waals surface area contributed by atoms with Crippen molar-refractivity contribution >= 4 is 95.3 Å². The number of furan rings is 1. The number of hydrogen-bond acceptors (Lipinski definition) is 3. The topological polar surface area (TPSA) is 55.1 Å². The van der Waals surface area contributed by atoms with Gasteiger partial charge in [-0.05, 0) is 47.3 Å². The highest BCUT2D eigenvalue weighted by Gasteiger charge is 2.24. The van der Waals surface area contributed by atoms with E-state index >= 15 is 0 Å². The molecule has 0 fully saturated rings. The molecule has 0 spiro atoms. The van der Waals surface area contributed by atoms with Crippen LogP contribution in [0.2, 0.25) is 0 Å². The summed E-state index contributed by atoms with van der Waals surface area (Å²) < 4.78 is 9.21. The first-order chi connectivity index (χ1) is 25.7. The van der Waals surface area contributed by atoms with Crippen LogP contribution in [0.25, 0.3) is 76.1 Å². The van der Waals surface area contributed by atoms with Gasteiger partial charge in [0.1, 0.15) is 17.8 Å². The Morgan fingerprint density at radius 3 is 1.87 bits per heavy atom. The fraction of sp³-hybridized carbons (Fsp3) is 0.0426. The minimum atomic E-state index is 0.399. The van der Waals surface area contributed by atoms with Gasteiger partial charge in [-0.25, -0.2) is 9.98 Å². The quantitative estimate of drug-likeness (QED) is 0.133. The third-order valence-corrected chi connectivity index (χ3v) is 9.89. The van der Waals surface area contributed by atoms with Crippen LogP contribution in [0.15, 0.2) is 177 Å². The van der Waals surface area contributed by atoms with Crippen molar-refractivity contribution in [2.75, 3.05) is 0 Å². The van der Waals surface area contributed by atoms with Gasteiger partial charge in [-0.2, -0.15) is 0 Å². The van der Waals surface area contributed by atoms with Gasteiger partial charge in [0.2, 0.25) is 0 Å². The number of nitrogens with zero attached hydrogens (tertiary/aromatic N) is 4. The Hall–Kier alpha value is -6.85. The summed E-state index contributed by atoms with van der Waals surface area (Å²) in [7, 11) is 0. The van der Waals surface area contributed by atoms with Crippen molar-refractivity contribution in [2.45, 2.75) is 13.2 Å². The second kappa shape index (κ2) is 13.1. The van der Waals surface area contributed by atoms with Gasteiger partial charge in [0.05, 0.1) is 17.6 Å². The second-order valence-corrected chi connectivity index (χ2v) is 12.9. The van der Waals surface area contributed by atoms with Gasteiger partial charge in [-0.15, -0.1) is 0 Å². The zero-order valence-electron chi connectivity index (χ0n) is 28.5. The molecule has 2 heterocycles. The van der Waals surface area contributed by atoms with Crippen molar-refractivity contribution in [1.29, 1.82) is 0 Å². The summed E-state index contributed by atoms with van der Waals surface area (Å²) in [5, 5.41) is 11.6. The Morgan fingerprint density at radius 1 is 0.519 bits per heavy atom. The van der Waals surface area contributed by atoms with Gasteiger partial charge in [-0.3, -0.25) is 4.99 Å². The van der Waals surface area contributed by atoms with Crippen molar-refractivity contribution in [2.24, 2.45) is 15.0 Å². The number of aliphatic imine (C=N–C) groups is 3. The molecule has 0 saturated heterocycles. The molecule has 0 aliphatic rings. The molecule has 0 saturated carbocycles. The number of fused-ring (bicyclic) bond motifs is 14. The third kappa shape index (κ3) is 5.14. The highest BCUT2D eigenvalue weighted by Crippen LogP contribution is 2.47. The molecule has 0 atom stereocenters. The van der Waals surface area contributed by atoms with Gasteiger partial charge in [0.15, 0.2) is 5.84 Å². The predicted octanol–water partition coefficient (Wildman–Crippen LogP) is 12.1. The lowest BCUT2D eigenvalue weighted by atomic mass is 9.96. The molecule has 0 bridgehead atoms. The van der Waals surface area contributed by atoms with Crippen molar-refractivity contribution in [3.63, 3.8) is 0 Å². The van der Waals surface area contributed by atoms with E-state index in [1.807, 2.05) is 60.7 Å². The van der Waals surface area contributed by atoms with E-state index in [1.54, 1.807) is 0 Å². The van der Waals surface area contributed by atoms with E-state index in [2.05, 4.69) is 125 Å². The van der Waals surface area contributed by atoms with E-state index in [4.69, 9.17) is 9.41 Å². The van der Waals surface area contributed by atoms with Crippen LogP contribution in [0.4, 0.5) is 0 Å². The number of rotatable bonds is 5. The Bertz CT molecular complexity index is 2990. The Labute approximate surface area is 300 Å². The fourth-order valence-electron chi connectivity index (χ4n) is 7.61. The SMILES string of the molecule is C=N/C(=N\Cn1c2ccc3ccccc3c2c2c3c4ccc5ccccc5c4oc3c3ccccc3c21)c1ccccc1.C=NCc1ccccc1. The van der Waals surface area contributed by atoms with Crippen molar-refractivity contribution < 1.29 is 4.42 Å². The van der Waals surface area contributed by atoms with Crippen molar-refractivity contribution in [3.05, 3.63) is 169 Å². The minimum absolute atomic E-state index is 0.399. The van der Waals surface area contributed by atoms with Gasteiger partial charge >= 0.3 is 0 Å². The Morgan fingerprint density at radius 2 is 1.13 bits per heavy atom. The lowest BCUT2D eigenvalue weighted by Crippen LogP contribution is -2.02. The van der Waals surface area contributed by atoms with Crippen LogP contribution in [0.5, 0.6) is 0 Å². The number of aromatic nitrogens is 1. The summed E-state index contributed by atoms with van der Waals surface area (Å²) in [6.45, 7) is 8.37. The van der Waals surface area contributed by atoms with E-state index in [0.717, 1.165) is 61.2 Å². The largest absolute Gasteiger partial charge is 0.455 e. The molecule has 5 heteroatoms. The average Bonchev–Trinajstić information content (AvgIpc) is 3.76. The Kier molecular flexibility index (Phi) is 7.86. The Balaban J connectivity index is 0.000000353. The van der Waals surface area contributed by atoms with Crippen LogP contribution in [-0.2, 0) is 13.2 Å². The van der Waals surface area contributed by atoms with Crippen LogP contribution in [0.3, 0.4) is 0 Å². The second-order valence-electron chi connectivity index (χ2n) is 12.9. The standard InChI is InChI=1S/C39H25N3O.C8H9N/c1-40-39(26-13-3-2-4-14-26)41-23-42-32-22-20-24-11-5-7-15-27(24)33(32)35-34-31-21-19-25-12-6-8-16-28(25)37(31)43-38(34)30-18-10-9-17-29(30)36(35)42;1-9-7-8-5-3-2-4-6-8/h2-22H,1,23H2;2-6H,1,7H2/b41-39-;. The predicted molar refractivity (Wildman–Crippen MR) is 221 cm³/mol. The van der Waals surface area contributed by atoms with E-state index < -0.39 is 0 Å². The first kappa shape index (κ1) is 31.2. The molecule has 0 radical (unpaired) electrons. The molecule has 8 aromatic carbocycles. The van der Waals surface area contributed by atoms with Crippen molar-refractivity contribution in [1.82, 2.24) is 4.57 Å². The summed E-state index contributed by atoms with van der Waals surface area (Å²) in [5.74, 6) is 0.627. The van der Waals surface area contributed by atoms with Gasteiger partial charge in [-0.1, -0.05) is 146 Å². The van der Waals surface area contributed by atoms with Gasteiger partial charge in [0.25, 0.3) is 0 Å². The highest BCUT2D eigenvalue weighted by atomic mass is 16.3. The summed E-state index contributed by atoms with van der Waals surface area (Å²) in [4.78, 5) is 13.1. The fourth-order valence-corrected chi connectivity index (χ4v) is 7.61. The van der Waals surface area contributed by atoms with E-state index in [1.165, 1.54) is 32.5 Å². The normalized spacial score (nSPS) is 11.9. The van der Waals surface area contributed by atoms with Crippen LogP contribution in [0.1, 0.15) is 11.1 Å². The molecular formula is C47H34N4O. The smallest absolute Gasteiger partial charge is 0.155 e. The molecule has 0 aliphatic heterocycles. The monoisotopic (exact) mass is 670 g/mol. The number of benzene rings is 8. The minimum Gasteiger partial charge on any atom is -0.455 e. The van der Waals surface area contributed by atoms with Crippen molar-refractivity contribution in [3.8, 4) is 0 Å². The first-order valence-electron chi connectivity index (χ1n) is 17.4. The van der Waals surface area contributed by atoms with Crippen LogP contribution < -0.4 is 0 Å². The molecule has 0 aliphatic carbocycles. The lowest BCUT2D eigenvalue weighted by molar-refractivity contribution is 0.676. The number of hydrogen-bond donors (Lipinski definition) is 0. The molecule has 0 unspecified atom stereocenters. The summed E-state index contributed by atoms with van der Waals surface area (Å²) in [5.41, 5.74) is 6.28. The zero-order valence-corrected chi connectivity index (χ0v) is 28.5. The highest BCUT2D eigenvalue weighted by molar-refractivity contribution is 6.39. The molecular weight excluding hydrogens is 637 g/mol. The first-order valence-corrected chi connectivity index (χ1v) is 17.4. The van der Waals surface area contributed by atoms with Gasteiger partial charge < -0.3 is 8.98 Å². The molecule has 0 amide bonds. The van der Waals surface area contributed by atoms with Crippen LogP contribution in [0, 0.1) is 0 Å². The number of amidine groups is 1. The summed E-state index contributed by atoms with van der Waals surface area (Å²) >= 11 is 0. The molecule has 5 nitrogen and oxygen atoms in total. The maximum Gasteiger partial charge on any atom is 0.155 e. The summed E-state index contributed by atoms with van der Waals surface area (Å²) in [6.07, 6.45) is 0. The zero-order chi connectivity index (χ0) is 35.0. The van der Waals surface area contributed by atoms with Gasteiger partial charge in [0, 0.05) is 43.3 Å². The van der Waals surface area contributed by atoms with Crippen LogP contribution in [-0.4, -0.2) is 23.8 Å². The molecule has 10 rings (SSSR count). The summed E-state index contributed by atoms with van der Waals surface area (Å²) in [6, 6.07) is 54.6. The molecule has 10 aromatic rings. The average molecular weight is 671 g/mol. The maximum atomic E-state index is 6.87. The van der Waals surface area contributed by atoms with Crippen LogP contribution >= 0.6 is 0 Å². The van der Waals surface area contributed by atoms with E-state index in [9.17, 15) is 0 Å². The molecule has 2 aromatic heterocycles. The third-order valence-electron chi connectivity index (χ3n) is 9.89. The maximum absolute atomic E-state index is 6.87. The van der Waals surface area contributed by atoms with E-state index in [0.29, 0.717) is 12.5 Å². The van der Waals surface area contributed by atoms with E-state index in [-0.39, 0.29) is 0 Å². The lowest BCUT2D eigenvalue weighted by Gasteiger charge is -2.09. The molecule has 52 heavy (non-hydrogen) atoms. The molecule has 248 valence electrons. The molecule has 0 N–H and O–H groups in total.